The van der Waals surface area contributed by atoms with Crippen LogP contribution >= 0.6 is 23.2 Å². The van der Waals surface area contributed by atoms with Gasteiger partial charge in [0.2, 0.25) is 0 Å². The second kappa shape index (κ2) is 9.22. The van der Waals surface area contributed by atoms with Crippen LogP contribution in [0.3, 0.4) is 0 Å². The lowest BCUT2D eigenvalue weighted by molar-refractivity contribution is -0.873. The van der Waals surface area contributed by atoms with Crippen LogP contribution < -0.4 is 4.74 Å². The molecule has 0 heterocycles. The zero-order valence-electron chi connectivity index (χ0n) is 11.6. The number of thiocyanates is 1. The Morgan fingerprint density at radius 3 is 2.40 bits per heavy atom. The predicted molar refractivity (Wildman–Crippen MR) is 83.8 cm³/mol. The molecular weight excluding hydrogens is 319 g/mol. The van der Waals surface area contributed by atoms with Gasteiger partial charge in [-0.1, -0.05) is 28.6 Å². The predicted octanol–water partition coefficient (Wildman–Crippen LogP) is 2.45. The summed E-state index contributed by atoms with van der Waals surface area (Å²) in [6.07, 6.45) is -0.526. The summed E-state index contributed by atoms with van der Waals surface area (Å²) in [7, 11) is 6.04. The van der Waals surface area contributed by atoms with E-state index in [-0.39, 0.29) is 6.61 Å². The minimum atomic E-state index is -0.526. The molecule has 1 aromatic rings. The molecule has 0 amide bonds. The molecule has 0 fully saturated rings. The molecule has 0 bridgehead atoms. The van der Waals surface area contributed by atoms with E-state index in [9.17, 15) is 5.11 Å². The quantitative estimate of drug-likeness (QED) is 0.509. The van der Waals surface area contributed by atoms with Crippen LogP contribution in [0.25, 0.3) is 0 Å². The number of aliphatic hydroxyl groups is 1. The zero-order valence-corrected chi connectivity index (χ0v) is 14.0. The van der Waals surface area contributed by atoms with Gasteiger partial charge in [0.15, 0.2) is 0 Å². The number of halogens is 2. The number of likely N-dealkylation sites (N-methyl/N-ethyl adjacent to an activating group) is 1. The maximum absolute atomic E-state index is 9.78. The summed E-state index contributed by atoms with van der Waals surface area (Å²) >= 11 is 15.4. The van der Waals surface area contributed by atoms with Crippen molar-refractivity contribution in [3.8, 4) is 11.2 Å². The highest BCUT2D eigenvalue weighted by atomic mass is 35.5. The van der Waals surface area contributed by atoms with Crippen molar-refractivity contribution >= 4 is 35.8 Å². The third kappa shape index (κ3) is 9.18. The van der Waals surface area contributed by atoms with Crippen molar-refractivity contribution in [1.82, 2.24) is 0 Å². The molecule has 0 aromatic heterocycles. The molecule has 0 aliphatic carbocycles. The van der Waals surface area contributed by atoms with Crippen LogP contribution in [0.15, 0.2) is 18.2 Å². The molecule has 0 saturated heterocycles. The molecule has 112 valence electrons. The summed E-state index contributed by atoms with van der Waals surface area (Å²) in [4.78, 5) is 0. The van der Waals surface area contributed by atoms with E-state index in [2.05, 4.69) is 12.6 Å². The summed E-state index contributed by atoms with van der Waals surface area (Å²) in [5, 5.41) is 19.3. The monoisotopic (exact) mass is 336 g/mol. The Morgan fingerprint density at radius 1 is 1.40 bits per heavy atom. The minimum absolute atomic E-state index is 0.219. The Balaban J connectivity index is 0.00000110. The molecule has 1 N–H and O–H groups in total. The first-order valence-corrected chi connectivity index (χ1v) is 6.93. The van der Waals surface area contributed by atoms with Crippen molar-refractivity contribution in [3.63, 3.8) is 0 Å². The number of nitriles is 1. The molecule has 7 heteroatoms. The third-order valence-corrected chi connectivity index (χ3v) is 2.61. The summed E-state index contributed by atoms with van der Waals surface area (Å²) in [6.45, 7) is 0.835. The van der Waals surface area contributed by atoms with Crippen LogP contribution in [-0.2, 0) is 12.6 Å². The van der Waals surface area contributed by atoms with Crippen LogP contribution in [0, 0.1) is 10.7 Å². The number of aliphatic hydroxyl groups excluding tert-OH is 1. The fourth-order valence-electron chi connectivity index (χ4n) is 1.46. The van der Waals surface area contributed by atoms with Gasteiger partial charge in [-0.05, 0) is 18.2 Å². The van der Waals surface area contributed by atoms with Crippen molar-refractivity contribution in [2.24, 2.45) is 0 Å². The van der Waals surface area contributed by atoms with Crippen molar-refractivity contribution in [1.29, 1.82) is 5.26 Å². The summed E-state index contributed by atoms with van der Waals surface area (Å²) in [6, 6.07) is 5.02. The molecule has 1 unspecified atom stereocenters. The van der Waals surface area contributed by atoms with Crippen LogP contribution in [0.5, 0.6) is 5.75 Å². The van der Waals surface area contributed by atoms with E-state index in [0.29, 0.717) is 26.8 Å². The Hall–Kier alpha value is -0.770. The molecule has 0 spiro atoms. The van der Waals surface area contributed by atoms with E-state index in [0.717, 1.165) is 0 Å². The van der Waals surface area contributed by atoms with Gasteiger partial charge in [0.05, 0.1) is 26.2 Å². The number of benzene rings is 1. The minimum Gasteiger partial charge on any atom is -0.696 e. The first kappa shape index (κ1) is 19.2. The van der Waals surface area contributed by atoms with Gasteiger partial charge < -0.3 is 27.0 Å². The van der Waals surface area contributed by atoms with E-state index in [1.807, 2.05) is 21.1 Å². The van der Waals surface area contributed by atoms with E-state index in [1.54, 1.807) is 18.2 Å². The molecule has 1 aromatic carbocycles. The number of hydrogen-bond donors (Lipinski definition) is 1. The summed E-state index contributed by atoms with van der Waals surface area (Å²) in [5.41, 5.74) is 0. The van der Waals surface area contributed by atoms with Crippen molar-refractivity contribution < 1.29 is 14.3 Å². The van der Waals surface area contributed by atoms with Gasteiger partial charge >= 0.3 is 0 Å². The fraction of sp³-hybridized carbons (Fsp3) is 0.462. The maximum atomic E-state index is 9.78. The van der Waals surface area contributed by atoms with Crippen LogP contribution in [0.4, 0.5) is 0 Å². The van der Waals surface area contributed by atoms with Gasteiger partial charge in [-0.25, -0.2) is 5.26 Å². The van der Waals surface area contributed by atoms with Gasteiger partial charge in [-0.15, -0.1) is 0 Å². The lowest BCUT2D eigenvalue weighted by Crippen LogP contribution is -2.43. The maximum Gasteiger partial charge on any atom is 0.138 e. The SMILES string of the molecule is C[N+](C)(C)CC(O)COc1ccc(Cl)cc1Cl.N#C[S-]. The number of ether oxygens (including phenoxy) is 1. The van der Waals surface area contributed by atoms with Crippen LogP contribution in [0.1, 0.15) is 0 Å². The number of nitrogens with zero attached hydrogens (tertiary/aromatic N) is 2. The third-order valence-electron chi connectivity index (χ3n) is 2.08. The highest BCUT2D eigenvalue weighted by Crippen LogP contribution is 2.27. The lowest BCUT2D eigenvalue weighted by atomic mass is 10.3. The second-order valence-corrected chi connectivity index (χ2v) is 6.13. The highest BCUT2D eigenvalue weighted by molar-refractivity contribution is 7.64. The molecule has 1 atom stereocenters. The van der Waals surface area contributed by atoms with Crippen molar-refractivity contribution in [3.05, 3.63) is 28.2 Å². The first-order chi connectivity index (χ1) is 9.19. The van der Waals surface area contributed by atoms with Crippen LogP contribution in [0.2, 0.25) is 10.0 Å². The van der Waals surface area contributed by atoms with E-state index in [1.165, 1.54) is 5.40 Å². The summed E-state index contributed by atoms with van der Waals surface area (Å²) in [5.74, 6) is 0.538. The van der Waals surface area contributed by atoms with Gasteiger partial charge in [-0.3, -0.25) is 0 Å². The average molecular weight is 337 g/mol. The van der Waals surface area contributed by atoms with Crippen molar-refractivity contribution in [2.45, 2.75) is 6.10 Å². The average Bonchev–Trinajstić information content (AvgIpc) is 2.26. The molecule has 20 heavy (non-hydrogen) atoms. The Morgan fingerprint density at radius 2 is 1.95 bits per heavy atom. The van der Waals surface area contributed by atoms with Gasteiger partial charge in [0.1, 0.15) is 25.0 Å². The molecule has 0 aliphatic rings. The summed E-state index contributed by atoms with van der Waals surface area (Å²) < 4.78 is 6.13. The Kier molecular flexibility index (Phi) is 8.86. The van der Waals surface area contributed by atoms with Crippen molar-refractivity contribution in [2.75, 3.05) is 34.3 Å². The Labute approximate surface area is 135 Å². The lowest BCUT2D eigenvalue weighted by Gasteiger charge is -2.26. The molecule has 0 aliphatic heterocycles. The Bertz CT molecular complexity index is 459. The fourth-order valence-corrected chi connectivity index (χ4v) is 1.93. The van der Waals surface area contributed by atoms with E-state index < -0.39 is 6.10 Å². The van der Waals surface area contributed by atoms with Gasteiger partial charge in [0.25, 0.3) is 0 Å². The second-order valence-electron chi connectivity index (χ2n) is 5.10. The highest BCUT2D eigenvalue weighted by Gasteiger charge is 2.16. The standard InChI is InChI=1S/C12H18Cl2NO2.CHNS/c1-15(2,3)7-10(16)8-17-12-5-4-9(13)6-11(12)14;2-1-3/h4-6,10,16H,7-8H2,1-3H3;3H/q+1;/p-1. The van der Waals surface area contributed by atoms with Gasteiger partial charge in [-0.2, -0.15) is 0 Å². The molecule has 0 saturated carbocycles. The molecule has 0 radical (unpaired) electrons. The van der Waals surface area contributed by atoms with Gasteiger partial charge in [0, 0.05) is 5.02 Å². The molecule has 1 rings (SSSR count). The zero-order chi connectivity index (χ0) is 15.8. The van der Waals surface area contributed by atoms with E-state index in [4.69, 9.17) is 33.2 Å². The largest absolute Gasteiger partial charge is 0.696 e. The van der Waals surface area contributed by atoms with Crippen LogP contribution in [-0.4, -0.2) is 50.0 Å². The number of rotatable bonds is 5. The smallest absolute Gasteiger partial charge is 0.138 e. The normalized spacial score (nSPS) is 11.8. The number of hydrogen-bond acceptors (Lipinski definition) is 4. The molecular formula is C13H18Cl2N2O2S. The molecule has 4 nitrogen and oxygen atoms in total. The number of quaternary nitrogens is 1. The van der Waals surface area contributed by atoms with E-state index >= 15 is 0 Å². The first-order valence-electron chi connectivity index (χ1n) is 5.77. The topological polar surface area (TPSA) is 53.2 Å².